The lowest BCUT2D eigenvalue weighted by Gasteiger charge is -2.30. The van der Waals surface area contributed by atoms with Gasteiger partial charge in [-0.1, -0.05) is 58.0 Å². The van der Waals surface area contributed by atoms with Crippen molar-refractivity contribution in [2.45, 2.75) is 221 Å². The number of nitrogens with zero attached hydrogens (tertiary/aromatic N) is 3. The fourth-order valence-electron chi connectivity index (χ4n) is 13.8. The minimum atomic E-state index is -1.95. The monoisotopic (exact) mass is 1850 g/mol. The Labute approximate surface area is 746 Å². The molecule has 3 aliphatic rings. The van der Waals surface area contributed by atoms with E-state index in [4.69, 9.17) is 22.9 Å². The van der Waals surface area contributed by atoms with E-state index in [1.54, 1.807) is 58.0 Å². The van der Waals surface area contributed by atoms with E-state index in [1.165, 1.54) is 11.8 Å². The summed E-state index contributed by atoms with van der Waals surface area (Å²) < 4.78 is 0. The average molecular weight is 1850 g/mol. The molecule has 708 valence electrons. The Morgan fingerprint density at radius 2 is 0.882 bits per heavy atom. The van der Waals surface area contributed by atoms with Crippen molar-refractivity contribution in [2.24, 2.45) is 34.8 Å². The Balaban J connectivity index is 1.41. The Bertz CT molecular complexity index is 4050. The quantitative estimate of drug-likeness (QED) is 0.0213. The third-order valence-corrected chi connectivity index (χ3v) is 22.0. The maximum Gasteiger partial charge on any atom is 0.305 e. The lowest BCUT2D eigenvalue weighted by Crippen LogP contribution is -2.61. The highest BCUT2D eigenvalue weighted by Gasteiger charge is 2.44. The van der Waals surface area contributed by atoms with Crippen molar-refractivity contribution >= 4 is 161 Å². The van der Waals surface area contributed by atoms with E-state index in [9.17, 15) is 126 Å². The molecule has 16 atom stereocenters. The van der Waals surface area contributed by atoms with Crippen LogP contribution in [0.25, 0.3) is 0 Å². The van der Waals surface area contributed by atoms with Gasteiger partial charge < -0.3 is 138 Å². The Kier molecular flexibility index (Phi) is 46.8. The summed E-state index contributed by atoms with van der Waals surface area (Å²) in [5.74, 6) is -23.7. The Morgan fingerprint density at radius 1 is 0.457 bits per heavy atom. The van der Waals surface area contributed by atoms with Crippen LogP contribution in [-0.4, -0.2) is 344 Å². The van der Waals surface area contributed by atoms with Gasteiger partial charge in [-0.25, -0.2) is 0 Å². The number of carbonyl (C=O) groups excluding carboxylic acids is 19. The summed E-state index contributed by atoms with van der Waals surface area (Å²) in [4.78, 5) is 286. The highest BCUT2D eigenvalue weighted by Crippen LogP contribution is 2.23. The first-order valence-corrected chi connectivity index (χ1v) is 43.9. The molecule has 0 radical (unpaired) electrons. The number of carboxylic acids is 2. The molecule has 0 bridgehead atoms. The van der Waals surface area contributed by atoms with Crippen LogP contribution in [0.3, 0.4) is 0 Å². The van der Waals surface area contributed by atoms with Crippen molar-refractivity contribution < 1.29 is 126 Å². The van der Waals surface area contributed by atoms with Crippen molar-refractivity contribution in [3.8, 4) is 0 Å². The average Bonchev–Trinajstić information content (AvgIpc) is 1.73. The molecule has 0 aliphatic carbocycles. The van der Waals surface area contributed by atoms with Gasteiger partial charge in [0.15, 0.2) is 0 Å². The molecule has 3 saturated heterocycles. The molecule has 3 aliphatic heterocycles. The van der Waals surface area contributed by atoms with Crippen molar-refractivity contribution in [3.63, 3.8) is 0 Å². The smallest absolute Gasteiger partial charge is 0.305 e. The number of carboxylic acid groups (broad SMARTS) is 2. The van der Waals surface area contributed by atoms with Gasteiger partial charge in [0.1, 0.15) is 96.7 Å². The van der Waals surface area contributed by atoms with Gasteiger partial charge in [-0.15, -0.1) is 0 Å². The summed E-state index contributed by atoms with van der Waals surface area (Å²) in [5, 5.41) is 83.0. The van der Waals surface area contributed by atoms with Gasteiger partial charge in [0, 0.05) is 37.6 Å². The number of aliphatic hydroxyl groups is 3. The fraction of sp³-hybridized carbons (Fsp3) is 0.649. The molecule has 47 nitrogen and oxygen atoms in total. The van der Waals surface area contributed by atoms with Crippen LogP contribution < -0.4 is 97.4 Å². The first-order chi connectivity index (χ1) is 60.1. The van der Waals surface area contributed by atoms with E-state index in [1.807, 2.05) is 6.26 Å². The molecule has 4 rings (SSSR count). The molecule has 50 heteroatoms. The first-order valence-electron chi connectivity index (χ1n) is 41.2. The minimum absolute atomic E-state index is 0.0750. The van der Waals surface area contributed by atoms with Crippen LogP contribution in [0.2, 0.25) is 0 Å². The second kappa shape index (κ2) is 54.8. The van der Waals surface area contributed by atoms with E-state index in [0.29, 0.717) is 17.7 Å². The highest BCUT2D eigenvalue weighted by atomic mass is 32.2. The molecule has 3 fully saturated rings. The number of thiol groups is 2. The largest absolute Gasteiger partial charge is 0.481 e. The number of thioether (sulfide) groups is 1. The van der Waals surface area contributed by atoms with E-state index in [0.717, 1.165) is 14.7 Å². The van der Waals surface area contributed by atoms with Crippen LogP contribution in [0, 0.1) is 11.8 Å². The second-order valence-corrected chi connectivity index (χ2v) is 32.9. The second-order valence-electron chi connectivity index (χ2n) is 31.2. The van der Waals surface area contributed by atoms with Crippen LogP contribution in [0.15, 0.2) is 30.3 Å². The topological polar surface area (TPSA) is 742 Å². The first kappa shape index (κ1) is 108. The number of hydrogen-bond acceptors (Lipinski definition) is 29. The van der Waals surface area contributed by atoms with Gasteiger partial charge in [0.2, 0.25) is 112 Å². The molecule has 1 aromatic carbocycles. The summed E-state index contributed by atoms with van der Waals surface area (Å²) in [5.41, 5.74) is 22.8. The molecule has 0 aromatic heterocycles. The number of nitrogens with one attached hydrogen (secondary N) is 14. The van der Waals surface area contributed by atoms with Crippen molar-refractivity contribution in [2.75, 3.05) is 82.6 Å². The van der Waals surface area contributed by atoms with Gasteiger partial charge in [-0.05, 0) is 107 Å². The number of hydrogen-bond donors (Lipinski definition) is 25. The highest BCUT2D eigenvalue weighted by molar-refractivity contribution is 7.98. The molecule has 16 unspecified atom stereocenters. The summed E-state index contributed by atoms with van der Waals surface area (Å²) in [6.45, 7) is 2.07. The summed E-state index contributed by atoms with van der Waals surface area (Å²) in [6.07, 6.45) is -0.312. The number of aliphatic carboxylic acids is 2. The van der Waals surface area contributed by atoms with Crippen LogP contribution in [0.1, 0.15) is 123 Å². The summed E-state index contributed by atoms with van der Waals surface area (Å²) in [6, 6.07) is -16.5. The Hall–Kier alpha value is -11.1. The summed E-state index contributed by atoms with van der Waals surface area (Å²) >= 11 is 9.92. The van der Waals surface area contributed by atoms with E-state index in [-0.39, 0.29) is 103 Å². The number of primary amides is 2. The number of unbranched alkanes of at least 4 members (excludes halogenated alkanes) is 1. The van der Waals surface area contributed by atoms with E-state index < -0.39 is 290 Å². The SMILES string of the molecule is CSCCC(NC(=O)C(CC(C)C)NC(=O)CNC(=O)C(NC(=O)C(Cc1ccccc1)NC(=O)C(CS)NC(=O)C(CC(=O)O)NC(=O)C1CCCN1C(=O)CNC(=O)C(CC(=O)O)NC(=O)C1CCCN1C(=O)C(CS)NC(=O)C(CCCCN)NC(=O)C(CO)NC(=O)C(CC(N)=O)NC(=O)C(CO)NC(=O)C1CCCN1C(=O)C(N)CO)C(C)C)C(N)=O. The minimum Gasteiger partial charge on any atom is -0.481 e. The fourth-order valence-corrected chi connectivity index (χ4v) is 14.8. The van der Waals surface area contributed by atoms with Gasteiger partial charge in [0.25, 0.3) is 0 Å². The molecule has 1 aromatic rings. The Morgan fingerprint density at radius 3 is 1.38 bits per heavy atom. The van der Waals surface area contributed by atoms with Crippen LogP contribution in [0.5, 0.6) is 0 Å². The number of aliphatic hydroxyl groups excluding tert-OH is 3. The predicted octanol–water partition coefficient (Wildman–Crippen LogP) is -10.7. The summed E-state index contributed by atoms with van der Waals surface area (Å²) in [7, 11) is 0. The molecule has 19 amide bonds. The molecular weight excluding hydrogens is 1730 g/mol. The number of nitrogens with two attached hydrogens (primary N) is 4. The number of carbonyl (C=O) groups is 21. The molecule has 3 heterocycles. The van der Waals surface area contributed by atoms with Gasteiger partial charge in [0.05, 0.1) is 52.2 Å². The van der Waals surface area contributed by atoms with Crippen LogP contribution >= 0.6 is 37.0 Å². The lowest BCUT2D eigenvalue weighted by molar-refractivity contribution is -0.144. The lowest BCUT2D eigenvalue weighted by atomic mass is 10.0. The number of benzene rings is 1. The molecule has 0 spiro atoms. The molecular formula is C77H121N21O26S3. The van der Waals surface area contributed by atoms with Gasteiger partial charge >= 0.3 is 11.9 Å². The van der Waals surface area contributed by atoms with Gasteiger partial charge in [-0.3, -0.25) is 101 Å². The maximum absolute atomic E-state index is 14.3. The van der Waals surface area contributed by atoms with Crippen LogP contribution in [-0.2, 0) is 107 Å². The number of rotatable bonds is 55. The zero-order valence-corrected chi connectivity index (χ0v) is 73.7. The van der Waals surface area contributed by atoms with E-state index >= 15 is 0 Å². The molecule has 0 saturated carbocycles. The maximum atomic E-state index is 14.3. The zero-order chi connectivity index (χ0) is 95.1. The number of likely N-dealkylation sites (tertiary alicyclic amines) is 3. The van der Waals surface area contributed by atoms with Crippen LogP contribution in [0.4, 0.5) is 0 Å². The standard InChI is InChI=1S/C77H121N21O26S3/c1-38(2)26-44(65(112)85-42(62(81)109)20-25-127-5)84-57(103)31-82-75(122)61(39(3)4)95-68(115)45(27-40-14-7-6-8-15-40)87-71(118)51(36-125)93-67(114)48(30-60(107)108)90-72(119)53-17-11-22-96(53)58(104)32-83-63(110)47(29-59(105)106)89-73(120)55-19-13-24-98(55)77(124)52(37-126)94-64(111)43(16-9-10-21-78)86-69(116)49(34-100)91-66(113)46(28-56(80)102)88-70(117)50(35-101)92-74(121)54-18-12-23-97(54)76(123)41(79)33-99/h6-8,14-15,38-39,41-55,61,99-101,125-126H,9-13,16-37,78-79H2,1-5H3,(H2,80,102)(H2,81,109)(H,82,122)(H,83,110)(H,84,103)(H,85,112)(H,86,116)(H,87,118)(H,88,117)(H,89,120)(H,90,119)(H,91,113)(H,92,121)(H,93,114)(H,94,111)(H,95,115)(H,105,106)(H,107,108). The third-order valence-electron chi connectivity index (χ3n) is 20.6. The zero-order valence-electron chi connectivity index (χ0n) is 71.1. The van der Waals surface area contributed by atoms with Crippen molar-refractivity contribution in [1.82, 2.24) is 89.1 Å². The van der Waals surface area contributed by atoms with Crippen molar-refractivity contribution in [1.29, 1.82) is 0 Å². The van der Waals surface area contributed by atoms with Crippen molar-refractivity contribution in [3.05, 3.63) is 35.9 Å². The van der Waals surface area contributed by atoms with E-state index in [2.05, 4.69) is 99.7 Å². The molecule has 27 N–H and O–H groups in total. The normalized spacial score (nSPS) is 17.8. The number of amides is 19. The van der Waals surface area contributed by atoms with Gasteiger partial charge in [-0.2, -0.15) is 37.0 Å². The third kappa shape index (κ3) is 35.3. The predicted molar refractivity (Wildman–Crippen MR) is 458 cm³/mol. The molecule has 127 heavy (non-hydrogen) atoms.